The lowest BCUT2D eigenvalue weighted by Gasteiger charge is -2.40. The highest BCUT2D eigenvalue weighted by Crippen LogP contribution is 2.40. The third-order valence-corrected chi connectivity index (χ3v) is 3.33. The number of aliphatic carboxylic acids is 1. The van der Waals surface area contributed by atoms with Gasteiger partial charge in [0.2, 0.25) is 5.91 Å². The Bertz CT molecular complexity index is 351. The van der Waals surface area contributed by atoms with E-state index >= 15 is 0 Å². The molecular formula is C10H13NO4. The minimum absolute atomic E-state index is 0.0789. The van der Waals surface area contributed by atoms with Crippen LogP contribution in [0, 0.1) is 0 Å². The number of piperidine rings is 1. The standard InChI is InChI=1S/C10H13NO4/c1-10-3-2-7(9(14)15)11(10)8(13)4-6(12)5-10/h7H,2-5H2,1H3,(H,14,15)/t7-,10?/m0/s1. The van der Waals surface area contributed by atoms with E-state index in [1.807, 2.05) is 0 Å². The molecule has 0 aliphatic carbocycles. The Morgan fingerprint density at radius 3 is 2.80 bits per heavy atom. The van der Waals surface area contributed by atoms with Crippen LogP contribution in [-0.2, 0) is 14.4 Å². The van der Waals surface area contributed by atoms with Crippen molar-refractivity contribution in [3.8, 4) is 0 Å². The number of amides is 1. The summed E-state index contributed by atoms with van der Waals surface area (Å²) < 4.78 is 0. The molecule has 0 spiro atoms. The lowest BCUT2D eigenvalue weighted by atomic mass is 9.87. The molecule has 0 aromatic rings. The van der Waals surface area contributed by atoms with E-state index in [2.05, 4.69) is 0 Å². The number of carbonyl (C=O) groups is 3. The van der Waals surface area contributed by atoms with Gasteiger partial charge in [-0.05, 0) is 19.8 Å². The van der Waals surface area contributed by atoms with E-state index in [0.29, 0.717) is 19.3 Å². The van der Waals surface area contributed by atoms with Crippen molar-refractivity contribution >= 4 is 17.7 Å². The number of fused-ring (bicyclic) bond motifs is 1. The molecule has 5 nitrogen and oxygen atoms in total. The second-order valence-corrected chi connectivity index (χ2v) is 4.55. The van der Waals surface area contributed by atoms with Gasteiger partial charge in [0.1, 0.15) is 11.8 Å². The number of carbonyl (C=O) groups excluding carboxylic acids is 2. The maximum Gasteiger partial charge on any atom is 0.326 e. The minimum Gasteiger partial charge on any atom is -0.480 e. The normalized spacial score (nSPS) is 35.5. The molecule has 0 aromatic carbocycles. The van der Waals surface area contributed by atoms with Crippen LogP contribution in [0.2, 0.25) is 0 Å². The van der Waals surface area contributed by atoms with Crippen LogP contribution in [-0.4, -0.2) is 39.2 Å². The summed E-state index contributed by atoms with van der Waals surface area (Å²) in [6.07, 6.45) is 1.20. The number of ketones is 1. The quantitative estimate of drug-likeness (QED) is 0.628. The van der Waals surface area contributed by atoms with Gasteiger partial charge >= 0.3 is 5.97 Å². The van der Waals surface area contributed by atoms with Crippen LogP contribution in [0.15, 0.2) is 0 Å². The molecule has 2 fully saturated rings. The molecule has 0 aromatic heterocycles. The molecule has 2 aliphatic rings. The summed E-state index contributed by atoms with van der Waals surface area (Å²) in [4.78, 5) is 35.3. The summed E-state index contributed by atoms with van der Waals surface area (Å²) in [5.41, 5.74) is -0.560. The first-order chi connectivity index (χ1) is 6.94. The highest BCUT2D eigenvalue weighted by molar-refractivity contribution is 6.03. The first-order valence-corrected chi connectivity index (χ1v) is 5.01. The summed E-state index contributed by atoms with van der Waals surface area (Å²) >= 11 is 0. The van der Waals surface area contributed by atoms with Crippen LogP contribution in [0.4, 0.5) is 0 Å². The van der Waals surface area contributed by atoms with E-state index in [9.17, 15) is 14.4 Å². The van der Waals surface area contributed by atoms with Gasteiger partial charge in [-0.1, -0.05) is 0 Å². The molecule has 0 radical (unpaired) electrons. The summed E-state index contributed by atoms with van der Waals surface area (Å²) in [6, 6.07) is -0.740. The first-order valence-electron chi connectivity index (χ1n) is 5.01. The molecule has 5 heteroatoms. The molecular weight excluding hydrogens is 198 g/mol. The van der Waals surface area contributed by atoms with Gasteiger partial charge in [0.15, 0.2) is 0 Å². The Morgan fingerprint density at radius 1 is 1.53 bits per heavy atom. The van der Waals surface area contributed by atoms with E-state index < -0.39 is 17.6 Å². The summed E-state index contributed by atoms with van der Waals surface area (Å²) in [5, 5.41) is 8.97. The molecule has 2 heterocycles. The lowest BCUT2D eigenvalue weighted by Crippen LogP contribution is -2.55. The van der Waals surface area contributed by atoms with Crippen LogP contribution >= 0.6 is 0 Å². The van der Waals surface area contributed by atoms with Crippen LogP contribution < -0.4 is 0 Å². The van der Waals surface area contributed by atoms with E-state index in [1.165, 1.54) is 4.90 Å². The van der Waals surface area contributed by atoms with E-state index in [4.69, 9.17) is 5.11 Å². The number of hydrogen-bond acceptors (Lipinski definition) is 3. The van der Waals surface area contributed by atoms with Crippen molar-refractivity contribution in [1.82, 2.24) is 4.90 Å². The Hall–Kier alpha value is -1.39. The second kappa shape index (κ2) is 3.05. The van der Waals surface area contributed by atoms with Crippen molar-refractivity contribution in [2.75, 3.05) is 0 Å². The average Bonchev–Trinajstić information content (AvgIpc) is 2.41. The van der Waals surface area contributed by atoms with Gasteiger partial charge in [-0.25, -0.2) is 4.79 Å². The molecule has 1 N–H and O–H groups in total. The van der Waals surface area contributed by atoms with Gasteiger partial charge in [-0.3, -0.25) is 9.59 Å². The second-order valence-electron chi connectivity index (χ2n) is 4.55. The van der Waals surface area contributed by atoms with Gasteiger partial charge < -0.3 is 10.0 Å². The van der Waals surface area contributed by atoms with Gasteiger partial charge in [0, 0.05) is 12.0 Å². The van der Waals surface area contributed by atoms with E-state index in [-0.39, 0.29) is 18.1 Å². The molecule has 15 heavy (non-hydrogen) atoms. The molecule has 0 bridgehead atoms. The van der Waals surface area contributed by atoms with Gasteiger partial charge in [0.25, 0.3) is 0 Å². The van der Waals surface area contributed by atoms with Crippen molar-refractivity contribution in [1.29, 1.82) is 0 Å². The zero-order valence-corrected chi connectivity index (χ0v) is 8.52. The van der Waals surface area contributed by atoms with E-state index in [0.717, 1.165) is 0 Å². The highest BCUT2D eigenvalue weighted by Gasteiger charge is 2.52. The van der Waals surface area contributed by atoms with Crippen molar-refractivity contribution in [3.05, 3.63) is 0 Å². The topological polar surface area (TPSA) is 74.7 Å². The van der Waals surface area contributed by atoms with Crippen LogP contribution in [0.3, 0.4) is 0 Å². The van der Waals surface area contributed by atoms with E-state index in [1.54, 1.807) is 6.92 Å². The number of Topliss-reactive ketones (excluding diaryl/α,β-unsaturated/α-hetero) is 1. The molecule has 1 amide bonds. The fourth-order valence-corrected chi connectivity index (χ4v) is 2.70. The minimum atomic E-state index is -0.971. The Balaban J connectivity index is 2.33. The summed E-state index contributed by atoms with van der Waals surface area (Å²) in [5.74, 6) is -1.38. The zero-order valence-electron chi connectivity index (χ0n) is 8.52. The molecule has 0 saturated carbocycles. The smallest absolute Gasteiger partial charge is 0.326 e. The van der Waals surface area contributed by atoms with Crippen molar-refractivity contribution < 1.29 is 19.5 Å². The Kier molecular flexibility index (Phi) is 2.06. The van der Waals surface area contributed by atoms with Gasteiger partial charge in [-0.15, -0.1) is 0 Å². The number of carboxylic acids is 1. The van der Waals surface area contributed by atoms with Gasteiger partial charge in [0.05, 0.1) is 6.42 Å². The molecule has 2 atom stereocenters. The number of rotatable bonds is 1. The predicted octanol–water partition coefficient (Wildman–Crippen LogP) is 0.184. The zero-order chi connectivity index (χ0) is 11.2. The largest absolute Gasteiger partial charge is 0.480 e. The Labute approximate surface area is 87.1 Å². The van der Waals surface area contributed by atoms with Crippen LogP contribution in [0.5, 0.6) is 0 Å². The average molecular weight is 211 g/mol. The Morgan fingerprint density at radius 2 is 2.20 bits per heavy atom. The van der Waals surface area contributed by atoms with Gasteiger partial charge in [-0.2, -0.15) is 0 Å². The third kappa shape index (κ3) is 1.42. The number of carboxylic acid groups (broad SMARTS) is 1. The molecule has 2 saturated heterocycles. The number of hydrogen-bond donors (Lipinski definition) is 1. The van der Waals surface area contributed by atoms with Crippen molar-refractivity contribution in [2.24, 2.45) is 0 Å². The molecule has 2 rings (SSSR count). The summed E-state index contributed by atoms with van der Waals surface area (Å²) in [7, 11) is 0. The first kappa shape index (κ1) is 10.1. The molecule has 2 aliphatic heterocycles. The van der Waals surface area contributed by atoms with Crippen molar-refractivity contribution in [3.63, 3.8) is 0 Å². The third-order valence-electron chi connectivity index (χ3n) is 3.33. The lowest BCUT2D eigenvalue weighted by molar-refractivity contribution is -0.156. The highest BCUT2D eigenvalue weighted by atomic mass is 16.4. The fourth-order valence-electron chi connectivity index (χ4n) is 2.70. The maximum absolute atomic E-state index is 11.6. The molecule has 1 unspecified atom stereocenters. The number of nitrogens with zero attached hydrogens (tertiary/aromatic N) is 1. The van der Waals surface area contributed by atoms with Crippen LogP contribution in [0.1, 0.15) is 32.6 Å². The monoisotopic (exact) mass is 211 g/mol. The molecule has 82 valence electrons. The predicted molar refractivity (Wildman–Crippen MR) is 50.1 cm³/mol. The van der Waals surface area contributed by atoms with Crippen LogP contribution in [0.25, 0.3) is 0 Å². The fraction of sp³-hybridized carbons (Fsp3) is 0.700. The maximum atomic E-state index is 11.6. The van der Waals surface area contributed by atoms with Crippen molar-refractivity contribution in [2.45, 2.75) is 44.2 Å². The SMILES string of the molecule is CC12CC[C@@H](C(=O)O)N1C(=O)CC(=O)C2. The summed E-state index contributed by atoms with van der Waals surface area (Å²) in [6.45, 7) is 1.80.